The van der Waals surface area contributed by atoms with Crippen LogP contribution in [0.4, 0.5) is 0 Å². The maximum atomic E-state index is 8.98. The predicted molar refractivity (Wildman–Crippen MR) is 85.2 cm³/mol. The van der Waals surface area contributed by atoms with Gasteiger partial charge in [0.15, 0.2) is 0 Å². The van der Waals surface area contributed by atoms with Crippen LogP contribution in [0, 0.1) is 25.2 Å². The lowest BCUT2D eigenvalue weighted by atomic mass is 10.1. The van der Waals surface area contributed by atoms with Crippen LogP contribution in [0.25, 0.3) is 0 Å². The van der Waals surface area contributed by atoms with Crippen LogP contribution in [0.5, 0.6) is 5.75 Å². The van der Waals surface area contributed by atoms with E-state index in [9.17, 15) is 0 Å². The number of rotatable bonds is 4. The van der Waals surface area contributed by atoms with E-state index in [2.05, 4.69) is 34.0 Å². The van der Waals surface area contributed by atoms with Gasteiger partial charge in [-0.1, -0.05) is 6.92 Å². The Balaban J connectivity index is 2.25. The number of aryl methyl sites for hydroxylation is 4. The van der Waals surface area contributed by atoms with Gasteiger partial charge >= 0.3 is 0 Å². The third-order valence-corrected chi connectivity index (χ3v) is 4.36. The smallest absolute Gasteiger partial charge is 0.131 e. The molecule has 0 radical (unpaired) electrons. The Morgan fingerprint density at radius 2 is 1.95 bits per heavy atom. The maximum absolute atomic E-state index is 8.98. The normalized spacial score (nSPS) is 10.5. The molecule has 0 N–H and O–H groups in total. The van der Waals surface area contributed by atoms with Crippen molar-refractivity contribution >= 4 is 15.9 Å². The van der Waals surface area contributed by atoms with Crippen LogP contribution in [0.3, 0.4) is 0 Å². The largest absolute Gasteiger partial charge is 0.487 e. The van der Waals surface area contributed by atoms with Gasteiger partial charge in [0.25, 0.3) is 0 Å². The van der Waals surface area contributed by atoms with Crippen LogP contribution in [0.2, 0.25) is 0 Å². The molecule has 0 bridgehead atoms. The van der Waals surface area contributed by atoms with E-state index in [1.165, 1.54) is 0 Å². The minimum atomic E-state index is 0.442. The zero-order chi connectivity index (χ0) is 15.6. The molecule has 1 aromatic carbocycles. The van der Waals surface area contributed by atoms with E-state index in [1.54, 1.807) is 0 Å². The summed E-state index contributed by atoms with van der Waals surface area (Å²) < 4.78 is 8.83. The van der Waals surface area contributed by atoms with Crippen molar-refractivity contribution in [2.75, 3.05) is 0 Å². The minimum absolute atomic E-state index is 0.442. The fraction of sp³-hybridized carbons (Fsp3) is 0.375. The number of nitriles is 1. The van der Waals surface area contributed by atoms with Crippen molar-refractivity contribution in [3.05, 3.63) is 44.7 Å². The van der Waals surface area contributed by atoms with E-state index in [1.807, 2.05) is 37.7 Å². The number of hydrogen-bond donors (Lipinski definition) is 0. The molecule has 0 atom stereocenters. The van der Waals surface area contributed by atoms with E-state index in [-0.39, 0.29) is 0 Å². The van der Waals surface area contributed by atoms with Crippen molar-refractivity contribution in [3.63, 3.8) is 0 Å². The van der Waals surface area contributed by atoms with Crippen molar-refractivity contribution in [1.29, 1.82) is 5.26 Å². The number of benzene rings is 1. The standard InChI is InChI=1S/C16H18BrN3O/c1-5-13-15(17)14(20(4)19-13)9-21-16-10(2)6-12(8-18)7-11(16)3/h6-7H,5,9H2,1-4H3. The molecule has 0 saturated carbocycles. The van der Waals surface area contributed by atoms with E-state index in [0.717, 1.165) is 39.2 Å². The molecule has 4 nitrogen and oxygen atoms in total. The zero-order valence-corrected chi connectivity index (χ0v) is 14.3. The highest BCUT2D eigenvalue weighted by Gasteiger charge is 2.14. The molecule has 1 heterocycles. The highest BCUT2D eigenvalue weighted by Crippen LogP contribution is 2.27. The topological polar surface area (TPSA) is 50.8 Å². The molecule has 5 heteroatoms. The van der Waals surface area contributed by atoms with Crippen molar-refractivity contribution < 1.29 is 4.74 Å². The number of ether oxygens (including phenoxy) is 1. The van der Waals surface area contributed by atoms with Gasteiger partial charge in [-0.3, -0.25) is 4.68 Å². The number of hydrogen-bond acceptors (Lipinski definition) is 3. The minimum Gasteiger partial charge on any atom is -0.487 e. The average Bonchev–Trinajstić information content (AvgIpc) is 2.72. The van der Waals surface area contributed by atoms with Crippen molar-refractivity contribution in [2.24, 2.45) is 7.05 Å². The van der Waals surface area contributed by atoms with E-state index in [4.69, 9.17) is 10.00 Å². The second-order valence-electron chi connectivity index (χ2n) is 5.02. The molecule has 2 aromatic rings. The first kappa shape index (κ1) is 15.6. The third-order valence-electron chi connectivity index (χ3n) is 3.45. The molecule has 0 aliphatic heterocycles. The van der Waals surface area contributed by atoms with Crippen LogP contribution in [-0.2, 0) is 20.1 Å². The Kier molecular flexibility index (Phi) is 4.69. The second kappa shape index (κ2) is 6.31. The van der Waals surface area contributed by atoms with Crippen molar-refractivity contribution in [2.45, 2.75) is 33.8 Å². The highest BCUT2D eigenvalue weighted by molar-refractivity contribution is 9.10. The summed E-state index contributed by atoms with van der Waals surface area (Å²) in [6.45, 7) is 6.43. The fourth-order valence-electron chi connectivity index (χ4n) is 2.36. The summed E-state index contributed by atoms with van der Waals surface area (Å²) in [5.74, 6) is 0.833. The summed E-state index contributed by atoms with van der Waals surface area (Å²) in [5, 5.41) is 13.4. The Bertz CT molecular complexity index is 690. The van der Waals surface area contributed by atoms with E-state index >= 15 is 0 Å². The summed E-state index contributed by atoms with van der Waals surface area (Å²) in [5.41, 5.74) is 4.65. The first-order chi connectivity index (χ1) is 9.97. The fourth-order valence-corrected chi connectivity index (χ4v) is 3.09. The molecular weight excluding hydrogens is 330 g/mol. The monoisotopic (exact) mass is 347 g/mol. The van der Waals surface area contributed by atoms with Crippen LogP contribution in [-0.4, -0.2) is 9.78 Å². The Hall–Kier alpha value is -1.80. The molecule has 0 fully saturated rings. The first-order valence-corrected chi connectivity index (χ1v) is 7.61. The van der Waals surface area contributed by atoms with Gasteiger partial charge in [0.05, 0.1) is 27.5 Å². The molecule has 0 amide bonds. The van der Waals surface area contributed by atoms with Crippen LogP contribution in [0.1, 0.15) is 35.0 Å². The number of nitrogens with zero attached hydrogens (tertiary/aromatic N) is 3. The number of aromatic nitrogens is 2. The lowest BCUT2D eigenvalue weighted by Crippen LogP contribution is -2.05. The SMILES string of the molecule is CCc1nn(C)c(COc2c(C)cc(C#N)cc2C)c1Br. The summed E-state index contributed by atoms with van der Waals surface area (Å²) in [6.07, 6.45) is 0.878. The molecule has 0 aliphatic rings. The van der Waals surface area contributed by atoms with Gasteiger partial charge in [0.2, 0.25) is 0 Å². The summed E-state index contributed by atoms with van der Waals surface area (Å²) in [7, 11) is 1.92. The third kappa shape index (κ3) is 3.11. The second-order valence-corrected chi connectivity index (χ2v) is 5.82. The summed E-state index contributed by atoms with van der Waals surface area (Å²) in [6, 6.07) is 5.85. The van der Waals surface area contributed by atoms with Gasteiger partial charge in [-0.25, -0.2) is 0 Å². The Morgan fingerprint density at radius 1 is 1.33 bits per heavy atom. The lowest BCUT2D eigenvalue weighted by molar-refractivity contribution is 0.290. The molecule has 21 heavy (non-hydrogen) atoms. The first-order valence-electron chi connectivity index (χ1n) is 6.82. The molecule has 110 valence electrons. The molecule has 0 saturated heterocycles. The predicted octanol–water partition coefficient (Wildman–Crippen LogP) is 3.81. The average molecular weight is 348 g/mol. The number of halogens is 1. The molecule has 0 spiro atoms. The molecule has 0 aliphatic carbocycles. The Morgan fingerprint density at radius 3 is 2.43 bits per heavy atom. The van der Waals surface area contributed by atoms with E-state index < -0.39 is 0 Å². The van der Waals surface area contributed by atoms with Crippen LogP contribution < -0.4 is 4.74 Å². The van der Waals surface area contributed by atoms with Crippen LogP contribution in [0.15, 0.2) is 16.6 Å². The molecule has 1 aromatic heterocycles. The summed E-state index contributed by atoms with van der Waals surface area (Å²) >= 11 is 3.59. The quantitative estimate of drug-likeness (QED) is 0.844. The van der Waals surface area contributed by atoms with Gasteiger partial charge in [0, 0.05) is 7.05 Å². The van der Waals surface area contributed by atoms with Gasteiger partial charge in [-0.15, -0.1) is 0 Å². The maximum Gasteiger partial charge on any atom is 0.131 e. The van der Waals surface area contributed by atoms with Gasteiger partial charge in [0.1, 0.15) is 12.4 Å². The molecular formula is C16H18BrN3O. The highest BCUT2D eigenvalue weighted by atomic mass is 79.9. The van der Waals surface area contributed by atoms with Gasteiger partial charge in [-0.05, 0) is 59.5 Å². The van der Waals surface area contributed by atoms with Gasteiger partial charge in [-0.2, -0.15) is 10.4 Å². The summed E-state index contributed by atoms with van der Waals surface area (Å²) in [4.78, 5) is 0. The van der Waals surface area contributed by atoms with Crippen LogP contribution >= 0.6 is 15.9 Å². The van der Waals surface area contributed by atoms with Gasteiger partial charge < -0.3 is 4.74 Å². The zero-order valence-electron chi connectivity index (χ0n) is 12.7. The molecule has 0 unspecified atom stereocenters. The van der Waals surface area contributed by atoms with E-state index in [0.29, 0.717) is 12.2 Å². The van der Waals surface area contributed by atoms with Crippen molar-refractivity contribution in [1.82, 2.24) is 9.78 Å². The molecule has 2 rings (SSSR count). The van der Waals surface area contributed by atoms with Crippen molar-refractivity contribution in [3.8, 4) is 11.8 Å². The lowest BCUT2D eigenvalue weighted by Gasteiger charge is -2.13. The Labute approximate surface area is 133 Å².